The van der Waals surface area contributed by atoms with E-state index >= 15 is 0 Å². The molecule has 0 spiro atoms. The number of nitrogens with one attached hydrogen (secondary N) is 1. The van der Waals surface area contributed by atoms with Gasteiger partial charge in [-0.25, -0.2) is 0 Å². The van der Waals surface area contributed by atoms with E-state index < -0.39 is 0 Å². The fourth-order valence-electron chi connectivity index (χ4n) is 2.27. The second-order valence-electron chi connectivity index (χ2n) is 5.64. The predicted octanol–water partition coefficient (Wildman–Crippen LogP) is 3.14. The summed E-state index contributed by atoms with van der Waals surface area (Å²) in [6.45, 7) is 6.16. The lowest BCUT2D eigenvalue weighted by molar-refractivity contribution is 0.0950. The first-order chi connectivity index (χ1) is 9.02. The van der Waals surface area contributed by atoms with Gasteiger partial charge in [0.2, 0.25) is 0 Å². The maximum Gasteiger partial charge on any atom is 0.179 e. The molecule has 1 aliphatic carbocycles. The van der Waals surface area contributed by atoms with E-state index in [0.29, 0.717) is 12.0 Å². The number of methoxy groups -OCH3 is 1. The number of carbonyl (C=O) groups is 1. The second kappa shape index (κ2) is 5.74. The molecule has 1 fully saturated rings. The monoisotopic (exact) mass is 261 g/mol. The molecule has 1 aromatic rings. The van der Waals surface area contributed by atoms with Crippen molar-refractivity contribution in [2.75, 3.05) is 7.11 Å². The Balaban J connectivity index is 2.18. The number of ether oxygens (including phenoxy) is 1. The molecule has 3 nitrogen and oxygen atoms in total. The Bertz CT molecular complexity index is 464. The van der Waals surface area contributed by atoms with Gasteiger partial charge in [0.25, 0.3) is 0 Å². The Morgan fingerprint density at radius 3 is 2.53 bits per heavy atom. The normalized spacial score (nSPS) is 16.5. The van der Waals surface area contributed by atoms with Crippen molar-refractivity contribution in [3.05, 3.63) is 29.3 Å². The smallest absolute Gasteiger partial charge is 0.179 e. The Morgan fingerprint density at radius 2 is 2.00 bits per heavy atom. The average Bonchev–Trinajstić information content (AvgIpc) is 3.20. The first-order valence-corrected chi connectivity index (χ1v) is 7.01. The largest absolute Gasteiger partial charge is 0.496 e. The second-order valence-corrected chi connectivity index (χ2v) is 5.64. The number of benzene rings is 1. The molecular weight excluding hydrogens is 238 g/mol. The van der Waals surface area contributed by atoms with Crippen molar-refractivity contribution in [2.24, 2.45) is 0 Å². The van der Waals surface area contributed by atoms with Crippen molar-refractivity contribution in [3.63, 3.8) is 0 Å². The summed E-state index contributed by atoms with van der Waals surface area (Å²) in [7, 11) is 1.67. The summed E-state index contributed by atoms with van der Waals surface area (Å²) < 4.78 is 5.35. The van der Waals surface area contributed by atoms with Gasteiger partial charge in [-0.05, 0) is 49.4 Å². The molecular formula is C16H23NO2. The first kappa shape index (κ1) is 14.1. The molecule has 104 valence electrons. The zero-order valence-corrected chi connectivity index (χ0v) is 12.2. The van der Waals surface area contributed by atoms with Gasteiger partial charge in [-0.1, -0.05) is 13.8 Å². The Labute approximate surface area is 115 Å². The van der Waals surface area contributed by atoms with Gasteiger partial charge in [-0.3, -0.25) is 4.79 Å². The number of hydrogen-bond donors (Lipinski definition) is 1. The molecule has 0 heterocycles. The molecule has 19 heavy (non-hydrogen) atoms. The number of hydrogen-bond acceptors (Lipinski definition) is 3. The van der Waals surface area contributed by atoms with Crippen LogP contribution in [-0.4, -0.2) is 25.0 Å². The third kappa shape index (κ3) is 3.35. The Morgan fingerprint density at radius 1 is 1.32 bits per heavy atom. The molecule has 0 bridgehead atoms. The van der Waals surface area contributed by atoms with E-state index in [4.69, 9.17) is 4.74 Å². The van der Waals surface area contributed by atoms with Crippen LogP contribution >= 0.6 is 0 Å². The maximum absolute atomic E-state index is 12.4. The molecule has 1 saturated carbocycles. The summed E-state index contributed by atoms with van der Waals surface area (Å²) >= 11 is 0. The van der Waals surface area contributed by atoms with Crippen molar-refractivity contribution in [1.82, 2.24) is 5.32 Å². The van der Waals surface area contributed by atoms with E-state index in [2.05, 4.69) is 19.2 Å². The van der Waals surface area contributed by atoms with Gasteiger partial charge < -0.3 is 10.1 Å². The standard InChI is InChI=1S/C16H23NO2/c1-10(2)14-9-12(5-8-15(14)19-4)16(18)11(3)17-13-6-7-13/h5,8-11,13,17H,6-7H2,1-4H3. The fourth-order valence-corrected chi connectivity index (χ4v) is 2.27. The lowest BCUT2D eigenvalue weighted by atomic mass is 9.96. The van der Waals surface area contributed by atoms with Crippen LogP contribution in [0, 0.1) is 0 Å². The van der Waals surface area contributed by atoms with Crippen LogP contribution in [0.15, 0.2) is 18.2 Å². The molecule has 1 aliphatic rings. The summed E-state index contributed by atoms with van der Waals surface area (Å²) in [5, 5.41) is 3.35. The fraction of sp³-hybridized carbons (Fsp3) is 0.562. The molecule has 1 N–H and O–H groups in total. The van der Waals surface area contributed by atoms with Crippen LogP contribution in [0.2, 0.25) is 0 Å². The van der Waals surface area contributed by atoms with E-state index in [1.807, 2.05) is 25.1 Å². The summed E-state index contributed by atoms with van der Waals surface area (Å²) in [5.41, 5.74) is 1.86. The molecule has 3 heteroatoms. The molecule has 0 radical (unpaired) electrons. The van der Waals surface area contributed by atoms with Crippen LogP contribution in [0.1, 0.15) is 55.5 Å². The predicted molar refractivity (Wildman–Crippen MR) is 77.0 cm³/mol. The zero-order chi connectivity index (χ0) is 14.0. The van der Waals surface area contributed by atoms with Gasteiger partial charge in [0.1, 0.15) is 5.75 Å². The lowest BCUT2D eigenvalue weighted by Crippen LogP contribution is -2.35. The SMILES string of the molecule is COc1ccc(C(=O)C(C)NC2CC2)cc1C(C)C. The third-order valence-corrected chi connectivity index (χ3v) is 3.59. The van der Waals surface area contributed by atoms with E-state index in [-0.39, 0.29) is 11.8 Å². The van der Waals surface area contributed by atoms with Gasteiger partial charge in [0.15, 0.2) is 5.78 Å². The van der Waals surface area contributed by atoms with Gasteiger partial charge in [-0.2, -0.15) is 0 Å². The zero-order valence-electron chi connectivity index (χ0n) is 12.2. The van der Waals surface area contributed by atoms with E-state index in [1.54, 1.807) is 7.11 Å². The van der Waals surface area contributed by atoms with Crippen molar-refractivity contribution in [3.8, 4) is 5.75 Å². The van der Waals surface area contributed by atoms with Gasteiger partial charge in [0, 0.05) is 11.6 Å². The lowest BCUT2D eigenvalue weighted by Gasteiger charge is -2.16. The molecule has 0 aliphatic heterocycles. The molecule has 1 aromatic carbocycles. The van der Waals surface area contributed by atoms with Crippen LogP contribution in [0.3, 0.4) is 0 Å². The summed E-state index contributed by atoms with van der Waals surface area (Å²) in [6, 6.07) is 6.16. The van der Waals surface area contributed by atoms with Gasteiger partial charge >= 0.3 is 0 Å². The maximum atomic E-state index is 12.4. The van der Waals surface area contributed by atoms with Crippen LogP contribution < -0.4 is 10.1 Å². The Hall–Kier alpha value is -1.35. The highest BCUT2D eigenvalue weighted by Crippen LogP contribution is 2.28. The molecule has 2 rings (SSSR count). The van der Waals surface area contributed by atoms with Crippen LogP contribution in [0.4, 0.5) is 0 Å². The van der Waals surface area contributed by atoms with Gasteiger partial charge in [-0.15, -0.1) is 0 Å². The highest BCUT2D eigenvalue weighted by molar-refractivity contribution is 6.00. The number of rotatable bonds is 6. The van der Waals surface area contributed by atoms with Gasteiger partial charge in [0.05, 0.1) is 13.2 Å². The third-order valence-electron chi connectivity index (χ3n) is 3.59. The quantitative estimate of drug-likeness (QED) is 0.799. The van der Waals surface area contributed by atoms with Crippen molar-refractivity contribution in [1.29, 1.82) is 0 Å². The van der Waals surface area contributed by atoms with Crippen LogP contribution in [-0.2, 0) is 0 Å². The summed E-state index contributed by atoms with van der Waals surface area (Å²) in [6.07, 6.45) is 2.38. The number of ketones is 1. The number of Topliss-reactive ketones (excluding diaryl/α,β-unsaturated/α-hetero) is 1. The van der Waals surface area contributed by atoms with Crippen molar-refractivity contribution < 1.29 is 9.53 Å². The van der Waals surface area contributed by atoms with Crippen molar-refractivity contribution in [2.45, 2.75) is 51.6 Å². The van der Waals surface area contributed by atoms with Crippen LogP contribution in [0.5, 0.6) is 5.75 Å². The molecule has 0 aromatic heterocycles. The van der Waals surface area contributed by atoms with E-state index in [0.717, 1.165) is 16.9 Å². The average molecular weight is 261 g/mol. The molecule has 0 saturated heterocycles. The van der Waals surface area contributed by atoms with Crippen LogP contribution in [0.25, 0.3) is 0 Å². The minimum absolute atomic E-state index is 0.110. The van der Waals surface area contributed by atoms with Crippen molar-refractivity contribution >= 4 is 5.78 Å². The molecule has 1 unspecified atom stereocenters. The minimum Gasteiger partial charge on any atom is -0.496 e. The van der Waals surface area contributed by atoms with E-state index in [9.17, 15) is 4.79 Å². The Kier molecular flexibility index (Phi) is 4.25. The molecule has 1 atom stereocenters. The minimum atomic E-state index is -0.110. The summed E-state index contributed by atoms with van der Waals surface area (Å²) in [5.74, 6) is 1.36. The first-order valence-electron chi connectivity index (χ1n) is 7.01. The van der Waals surface area contributed by atoms with E-state index in [1.165, 1.54) is 12.8 Å². The highest BCUT2D eigenvalue weighted by atomic mass is 16.5. The number of carbonyl (C=O) groups excluding carboxylic acids is 1. The highest BCUT2D eigenvalue weighted by Gasteiger charge is 2.26. The summed E-state index contributed by atoms with van der Waals surface area (Å²) in [4.78, 5) is 12.4. The topological polar surface area (TPSA) is 38.3 Å². The molecule has 0 amide bonds.